The Hall–Kier alpha value is -3.77. The third-order valence-electron chi connectivity index (χ3n) is 8.19. The predicted octanol–water partition coefficient (Wildman–Crippen LogP) is 3.17. The number of aliphatic hydroxyl groups excluding tert-OH is 1. The van der Waals surface area contributed by atoms with E-state index >= 15 is 0 Å². The van der Waals surface area contributed by atoms with E-state index in [1.165, 1.54) is 28.8 Å². The standard InChI is InChI=1S/C31H37F3N6O4S/c32-31(33,34)21-40-24(3-2-14-36-22-6-8-26(9-7-22)45(35,43)44)19-27-28(4-1-5-29(27)40)37-23-10-15-38(16-11-23)20-30(42)39-17-12-25(41)13-18-39/h1,4-9,19,23,25,36-37,41H,10-18,20-21H2,(H2,35,43,44). The number of piperidine rings is 2. The minimum Gasteiger partial charge on any atom is -0.393 e. The lowest BCUT2D eigenvalue weighted by Gasteiger charge is -2.35. The molecule has 0 saturated carbocycles. The molecule has 2 aliphatic heterocycles. The van der Waals surface area contributed by atoms with Crippen LogP contribution in [0.4, 0.5) is 24.5 Å². The summed E-state index contributed by atoms with van der Waals surface area (Å²) in [6, 6.07) is 12.8. The van der Waals surface area contributed by atoms with Gasteiger partial charge >= 0.3 is 6.18 Å². The number of likely N-dealkylation sites (tertiary alicyclic amines) is 2. The van der Waals surface area contributed by atoms with E-state index in [9.17, 15) is 31.5 Å². The largest absolute Gasteiger partial charge is 0.406 e. The number of fused-ring (bicyclic) bond motifs is 1. The van der Waals surface area contributed by atoms with Crippen LogP contribution in [-0.4, -0.2) is 91.4 Å². The van der Waals surface area contributed by atoms with E-state index < -0.39 is 22.7 Å². The van der Waals surface area contributed by atoms with Crippen LogP contribution in [0.2, 0.25) is 0 Å². The van der Waals surface area contributed by atoms with Crippen molar-refractivity contribution in [3.05, 3.63) is 54.2 Å². The number of carbonyl (C=O) groups is 1. The molecule has 0 aliphatic carbocycles. The average Bonchev–Trinajstić information content (AvgIpc) is 3.33. The highest BCUT2D eigenvalue weighted by molar-refractivity contribution is 7.89. The summed E-state index contributed by atoms with van der Waals surface area (Å²) in [5, 5.41) is 22.0. The van der Waals surface area contributed by atoms with Gasteiger partial charge in [0.15, 0.2) is 0 Å². The Kier molecular flexibility index (Phi) is 9.93. The predicted molar refractivity (Wildman–Crippen MR) is 166 cm³/mol. The number of hydrogen-bond acceptors (Lipinski definition) is 7. The van der Waals surface area contributed by atoms with Gasteiger partial charge in [-0.05, 0) is 74.1 Å². The summed E-state index contributed by atoms with van der Waals surface area (Å²) in [7, 11) is -3.82. The number of nitrogens with zero attached hydrogens (tertiary/aromatic N) is 3. The number of sulfonamides is 1. The SMILES string of the molecule is NS(=O)(=O)c1ccc(NCC#Cc2cc3c(NC4CCN(CC(=O)N5CCC(O)CC5)CC4)cccc3n2CC(F)(F)F)cc1. The van der Waals surface area contributed by atoms with E-state index in [0.29, 0.717) is 49.1 Å². The van der Waals surface area contributed by atoms with Gasteiger partial charge in [-0.2, -0.15) is 13.2 Å². The number of nitrogens with one attached hydrogen (secondary N) is 2. The Bertz CT molecular complexity index is 1670. The van der Waals surface area contributed by atoms with Gasteiger partial charge in [-0.3, -0.25) is 9.69 Å². The number of nitrogens with two attached hydrogens (primary N) is 1. The first-order valence-corrected chi connectivity index (χ1v) is 16.4. The molecule has 5 N–H and O–H groups in total. The van der Waals surface area contributed by atoms with Crippen LogP contribution < -0.4 is 15.8 Å². The number of primary sulfonamides is 1. The highest BCUT2D eigenvalue weighted by Crippen LogP contribution is 2.31. The first kappa shape index (κ1) is 32.6. The van der Waals surface area contributed by atoms with E-state index in [0.717, 1.165) is 31.6 Å². The van der Waals surface area contributed by atoms with E-state index in [2.05, 4.69) is 27.4 Å². The average molecular weight is 647 g/mol. The molecule has 45 heavy (non-hydrogen) atoms. The molecule has 2 aliphatic rings. The highest BCUT2D eigenvalue weighted by Gasteiger charge is 2.30. The molecule has 2 saturated heterocycles. The van der Waals surface area contributed by atoms with Gasteiger partial charge in [-0.1, -0.05) is 12.0 Å². The van der Waals surface area contributed by atoms with Gasteiger partial charge in [-0.15, -0.1) is 0 Å². The van der Waals surface area contributed by atoms with E-state index in [1.54, 1.807) is 18.2 Å². The van der Waals surface area contributed by atoms with Crippen LogP contribution in [0.25, 0.3) is 10.9 Å². The molecule has 2 aromatic carbocycles. The topological polar surface area (TPSA) is 133 Å². The number of rotatable bonds is 8. The fourth-order valence-electron chi connectivity index (χ4n) is 5.77. The van der Waals surface area contributed by atoms with Crippen LogP contribution in [0.15, 0.2) is 53.4 Å². The number of carbonyl (C=O) groups excluding carboxylic acids is 1. The van der Waals surface area contributed by atoms with Crippen LogP contribution in [0.3, 0.4) is 0 Å². The quantitative estimate of drug-likeness (QED) is 0.277. The maximum atomic E-state index is 13.6. The maximum Gasteiger partial charge on any atom is 0.406 e. The number of alkyl halides is 3. The van der Waals surface area contributed by atoms with Crippen molar-refractivity contribution in [3.63, 3.8) is 0 Å². The maximum absolute atomic E-state index is 13.6. The number of anilines is 2. The molecule has 3 aromatic rings. The third-order valence-corrected chi connectivity index (χ3v) is 9.12. The second kappa shape index (κ2) is 13.7. The monoisotopic (exact) mass is 646 g/mol. The number of hydrogen-bond donors (Lipinski definition) is 4. The van der Waals surface area contributed by atoms with Crippen molar-refractivity contribution in [3.8, 4) is 11.8 Å². The molecule has 0 radical (unpaired) electrons. The number of aromatic nitrogens is 1. The Morgan fingerprint density at radius 3 is 2.36 bits per heavy atom. The van der Waals surface area contributed by atoms with E-state index in [4.69, 9.17) is 5.14 Å². The molecule has 0 unspecified atom stereocenters. The van der Waals surface area contributed by atoms with Gasteiger partial charge in [-0.25, -0.2) is 13.6 Å². The Morgan fingerprint density at radius 1 is 1.02 bits per heavy atom. The van der Waals surface area contributed by atoms with Crippen LogP contribution in [-0.2, 0) is 21.4 Å². The van der Waals surface area contributed by atoms with Gasteiger partial charge < -0.3 is 25.2 Å². The van der Waals surface area contributed by atoms with Crippen molar-refractivity contribution in [2.24, 2.45) is 5.14 Å². The van der Waals surface area contributed by atoms with Crippen LogP contribution in [0.1, 0.15) is 31.4 Å². The molecule has 5 rings (SSSR count). The number of amides is 1. The molecule has 10 nitrogen and oxygen atoms in total. The fraction of sp³-hybridized carbons (Fsp3) is 0.452. The molecular formula is C31H37F3N6O4S. The van der Waals surface area contributed by atoms with Crippen molar-refractivity contribution in [2.45, 2.75) is 55.4 Å². The van der Waals surface area contributed by atoms with Gasteiger partial charge in [0.05, 0.1) is 35.3 Å². The molecule has 0 bridgehead atoms. The summed E-state index contributed by atoms with van der Waals surface area (Å²) in [6.07, 6.45) is -2.00. The molecule has 0 spiro atoms. The normalized spacial score (nSPS) is 17.2. The second-order valence-corrected chi connectivity index (χ2v) is 13.1. The summed E-state index contributed by atoms with van der Waals surface area (Å²) in [5.74, 6) is 5.81. The van der Waals surface area contributed by atoms with Crippen molar-refractivity contribution < 1.29 is 31.5 Å². The highest BCUT2D eigenvalue weighted by atomic mass is 32.2. The fourth-order valence-corrected chi connectivity index (χ4v) is 6.28. The van der Waals surface area contributed by atoms with Crippen molar-refractivity contribution >= 4 is 38.2 Å². The minimum absolute atomic E-state index is 0.0315. The molecule has 1 aromatic heterocycles. The Labute approximate surface area is 260 Å². The zero-order valence-corrected chi connectivity index (χ0v) is 25.5. The molecule has 242 valence electrons. The summed E-state index contributed by atoms with van der Waals surface area (Å²) < 4.78 is 64.8. The Balaban J connectivity index is 1.24. The van der Waals surface area contributed by atoms with Crippen molar-refractivity contribution in [1.82, 2.24) is 14.4 Å². The smallest absolute Gasteiger partial charge is 0.393 e. The Morgan fingerprint density at radius 2 is 1.71 bits per heavy atom. The number of benzene rings is 2. The van der Waals surface area contributed by atoms with E-state index in [1.807, 2.05) is 11.0 Å². The lowest BCUT2D eigenvalue weighted by Crippen LogP contribution is -2.47. The zero-order valence-electron chi connectivity index (χ0n) is 24.7. The van der Waals surface area contributed by atoms with Crippen LogP contribution in [0.5, 0.6) is 0 Å². The van der Waals surface area contributed by atoms with Crippen molar-refractivity contribution in [1.29, 1.82) is 0 Å². The van der Waals surface area contributed by atoms with Gasteiger partial charge in [0.25, 0.3) is 0 Å². The van der Waals surface area contributed by atoms with Crippen LogP contribution in [0, 0.1) is 11.8 Å². The summed E-state index contributed by atoms with van der Waals surface area (Å²) >= 11 is 0. The zero-order chi connectivity index (χ0) is 32.2. The van der Waals surface area contributed by atoms with E-state index in [-0.39, 0.29) is 35.2 Å². The number of halogens is 3. The van der Waals surface area contributed by atoms with Gasteiger partial charge in [0.2, 0.25) is 15.9 Å². The first-order chi connectivity index (χ1) is 21.4. The lowest BCUT2D eigenvalue weighted by molar-refractivity contribution is -0.140. The first-order valence-electron chi connectivity index (χ1n) is 14.8. The molecule has 2 fully saturated rings. The van der Waals surface area contributed by atoms with Crippen molar-refractivity contribution in [2.75, 3.05) is 49.9 Å². The van der Waals surface area contributed by atoms with Gasteiger partial charge in [0, 0.05) is 49.0 Å². The van der Waals surface area contributed by atoms with Gasteiger partial charge in [0.1, 0.15) is 6.54 Å². The molecule has 3 heterocycles. The summed E-state index contributed by atoms with van der Waals surface area (Å²) in [4.78, 5) is 16.6. The molecule has 14 heteroatoms. The van der Waals surface area contributed by atoms with Crippen LogP contribution >= 0.6 is 0 Å². The lowest BCUT2D eigenvalue weighted by atomic mass is 10.0. The molecule has 1 amide bonds. The summed E-state index contributed by atoms with van der Waals surface area (Å²) in [6.45, 7) is 1.88. The molecular weight excluding hydrogens is 609 g/mol. The number of aliphatic hydroxyl groups is 1. The molecule has 0 atom stereocenters. The second-order valence-electron chi connectivity index (χ2n) is 11.5. The third kappa shape index (κ3) is 8.70. The minimum atomic E-state index is -4.45. The summed E-state index contributed by atoms with van der Waals surface area (Å²) in [5.41, 5.74) is 1.95.